The van der Waals surface area contributed by atoms with Crippen molar-refractivity contribution >= 4 is 11.9 Å². The van der Waals surface area contributed by atoms with Crippen LogP contribution in [-0.4, -0.2) is 22.4 Å². The first-order chi connectivity index (χ1) is 8.47. The summed E-state index contributed by atoms with van der Waals surface area (Å²) in [6.07, 6.45) is 1.41. The van der Waals surface area contributed by atoms with E-state index in [1.165, 1.54) is 0 Å². The van der Waals surface area contributed by atoms with E-state index in [0.717, 1.165) is 11.4 Å². The van der Waals surface area contributed by atoms with Crippen LogP contribution in [0.25, 0.3) is 0 Å². The normalized spacial score (nSPS) is 11.4. The largest absolute Gasteiger partial charge is 0.329 e. The van der Waals surface area contributed by atoms with E-state index in [2.05, 4.69) is 15.3 Å². The van der Waals surface area contributed by atoms with Crippen LogP contribution in [-0.2, 0) is 4.79 Å². The van der Waals surface area contributed by atoms with Crippen LogP contribution in [0.3, 0.4) is 0 Å². The molecule has 3 N–H and O–H groups in total. The number of nitrogens with one attached hydrogen (secondary N) is 1. The first-order valence-corrected chi connectivity index (χ1v) is 6.31. The van der Waals surface area contributed by atoms with Crippen LogP contribution in [0.4, 0.5) is 5.95 Å². The predicted octanol–water partition coefficient (Wildman–Crippen LogP) is 1.80. The van der Waals surface area contributed by atoms with Crippen molar-refractivity contribution < 1.29 is 4.79 Å². The molecule has 0 aromatic carbocycles. The number of aryl methyl sites for hydroxylation is 2. The average Bonchev–Trinajstić information content (AvgIpc) is 2.30. The Morgan fingerprint density at radius 3 is 2.17 bits per heavy atom. The molecule has 0 atom stereocenters. The molecular weight excluding hydrogens is 228 g/mol. The minimum absolute atomic E-state index is 0.0972. The van der Waals surface area contributed by atoms with Crippen molar-refractivity contribution in [1.82, 2.24) is 9.97 Å². The summed E-state index contributed by atoms with van der Waals surface area (Å²) in [7, 11) is 0. The van der Waals surface area contributed by atoms with E-state index in [4.69, 9.17) is 5.73 Å². The lowest BCUT2D eigenvalue weighted by atomic mass is 9.81. The number of amides is 1. The van der Waals surface area contributed by atoms with E-state index < -0.39 is 5.41 Å². The standard InChI is InChI=1S/C13H22N4O/c1-5-13(6-2,8-14)11(18)17-12-15-9(3)7-10(4)16-12/h7H,5-6,8,14H2,1-4H3,(H,15,16,17,18). The van der Waals surface area contributed by atoms with Gasteiger partial charge in [0.15, 0.2) is 0 Å². The molecule has 0 saturated heterocycles. The molecule has 1 aromatic heterocycles. The summed E-state index contributed by atoms with van der Waals surface area (Å²) in [6, 6.07) is 1.87. The molecule has 0 radical (unpaired) electrons. The molecule has 1 amide bonds. The molecule has 100 valence electrons. The topological polar surface area (TPSA) is 80.9 Å². The zero-order valence-electron chi connectivity index (χ0n) is 11.6. The molecule has 0 aliphatic carbocycles. The van der Waals surface area contributed by atoms with Crippen LogP contribution in [0, 0.1) is 19.3 Å². The van der Waals surface area contributed by atoms with E-state index in [1.807, 2.05) is 33.8 Å². The third kappa shape index (κ3) is 3.04. The molecule has 0 saturated carbocycles. The van der Waals surface area contributed by atoms with Crippen molar-refractivity contribution in [3.05, 3.63) is 17.5 Å². The fraction of sp³-hybridized carbons (Fsp3) is 0.615. The highest BCUT2D eigenvalue weighted by atomic mass is 16.2. The van der Waals surface area contributed by atoms with Gasteiger partial charge in [-0.05, 0) is 32.8 Å². The minimum Gasteiger partial charge on any atom is -0.329 e. The lowest BCUT2D eigenvalue weighted by Gasteiger charge is -2.28. The second-order valence-corrected chi connectivity index (χ2v) is 4.62. The number of nitrogens with two attached hydrogens (primary N) is 1. The van der Waals surface area contributed by atoms with Crippen LogP contribution in [0.1, 0.15) is 38.1 Å². The van der Waals surface area contributed by atoms with Crippen LogP contribution in [0.2, 0.25) is 0 Å². The maximum Gasteiger partial charge on any atom is 0.234 e. The number of aromatic nitrogens is 2. The second-order valence-electron chi connectivity index (χ2n) is 4.62. The highest BCUT2D eigenvalue weighted by Gasteiger charge is 2.33. The van der Waals surface area contributed by atoms with Gasteiger partial charge in [-0.1, -0.05) is 13.8 Å². The summed E-state index contributed by atoms with van der Waals surface area (Å²) in [6.45, 7) is 8.02. The molecule has 1 aromatic rings. The number of hydrogen-bond donors (Lipinski definition) is 2. The lowest BCUT2D eigenvalue weighted by molar-refractivity contribution is -0.125. The van der Waals surface area contributed by atoms with Crippen molar-refractivity contribution in [2.24, 2.45) is 11.1 Å². The lowest BCUT2D eigenvalue weighted by Crippen LogP contribution is -2.41. The SMILES string of the molecule is CCC(CC)(CN)C(=O)Nc1nc(C)cc(C)n1. The first-order valence-electron chi connectivity index (χ1n) is 6.31. The molecule has 1 rings (SSSR count). The van der Waals surface area contributed by atoms with Gasteiger partial charge in [0.1, 0.15) is 0 Å². The minimum atomic E-state index is -0.527. The van der Waals surface area contributed by atoms with Crippen molar-refractivity contribution in [3.8, 4) is 0 Å². The zero-order chi connectivity index (χ0) is 13.8. The summed E-state index contributed by atoms with van der Waals surface area (Å²) in [4.78, 5) is 20.7. The molecule has 5 nitrogen and oxygen atoms in total. The number of carbonyl (C=O) groups excluding carboxylic acids is 1. The zero-order valence-corrected chi connectivity index (χ0v) is 11.6. The van der Waals surface area contributed by atoms with E-state index in [0.29, 0.717) is 25.3 Å². The Bertz CT molecular complexity index is 398. The number of rotatable bonds is 5. The van der Waals surface area contributed by atoms with Gasteiger partial charge in [0, 0.05) is 17.9 Å². The molecule has 0 bridgehead atoms. The van der Waals surface area contributed by atoms with Gasteiger partial charge < -0.3 is 5.73 Å². The highest BCUT2D eigenvalue weighted by molar-refractivity contribution is 5.94. The quantitative estimate of drug-likeness (QED) is 0.835. The van der Waals surface area contributed by atoms with Gasteiger partial charge in [-0.25, -0.2) is 9.97 Å². The van der Waals surface area contributed by atoms with Crippen molar-refractivity contribution in [3.63, 3.8) is 0 Å². The smallest absolute Gasteiger partial charge is 0.234 e. The Labute approximate surface area is 108 Å². The highest BCUT2D eigenvalue weighted by Crippen LogP contribution is 2.26. The van der Waals surface area contributed by atoms with Gasteiger partial charge in [-0.15, -0.1) is 0 Å². The molecule has 0 aliphatic heterocycles. The predicted molar refractivity (Wildman–Crippen MR) is 72.2 cm³/mol. The number of carbonyl (C=O) groups is 1. The molecule has 1 heterocycles. The van der Waals surface area contributed by atoms with Gasteiger partial charge >= 0.3 is 0 Å². The third-order valence-corrected chi connectivity index (χ3v) is 3.43. The summed E-state index contributed by atoms with van der Waals surface area (Å²) in [5, 5.41) is 2.78. The van der Waals surface area contributed by atoms with E-state index in [9.17, 15) is 4.79 Å². The van der Waals surface area contributed by atoms with E-state index in [1.54, 1.807) is 0 Å². The average molecular weight is 250 g/mol. The fourth-order valence-electron chi connectivity index (χ4n) is 1.97. The molecule has 0 aliphatic rings. The third-order valence-electron chi connectivity index (χ3n) is 3.43. The van der Waals surface area contributed by atoms with Crippen LogP contribution < -0.4 is 11.1 Å². The van der Waals surface area contributed by atoms with E-state index >= 15 is 0 Å². The van der Waals surface area contributed by atoms with Gasteiger partial charge in [0.05, 0.1) is 5.41 Å². The second kappa shape index (κ2) is 5.91. The number of nitrogens with zero attached hydrogens (tertiary/aromatic N) is 2. The monoisotopic (exact) mass is 250 g/mol. The summed E-state index contributed by atoms with van der Waals surface area (Å²) in [5.41, 5.74) is 6.89. The van der Waals surface area contributed by atoms with Gasteiger partial charge in [0.2, 0.25) is 11.9 Å². The Morgan fingerprint density at radius 2 is 1.78 bits per heavy atom. The summed E-state index contributed by atoms with van der Waals surface area (Å²) < 4.78 is 0. The molecule has 0 unspecified atom stereocenters. The maximum atomic E-state index is 12.3. The van der Waals surface area contributed by atoms with Crippen LogP contribution in [0.15, 0.2) is 6.07 Å². The first kappa shape index (κ1) is 14.6. The van der Waals surface area contributed by atoms with Crippen LogP contribution in [0.5, 0.6) is 0 Å². The van der Waals surface area contributed by atoms with Crippen molar-refractivity contribution in [1.29, 1.82) is 0 Å². The van der Waals surface area contributed by atoms with Crippen molar-refractivity contribution in [2.45, 2.75) is 40.5 Å². The summed E-state index contributed by atoms with van der Waals surface area (Å²) >= 11 is 0. The molecule has 0 fully saturated rings. The Balaban J connectivity index is 2.92. The molecule has 18 heavy (non-hydrogen) atoms. The fourth-order valence-corrected chi connectivity index (χ4v) is 1.97. The summed E-state index contributed by atoms with van der Waals surface area (Å²) in [5.74, 6) is 0.261. The Kier molecular flexibility index (Phi) is 4.78. The number of hydrogen-bond acceptors (Lipinski definition) is 4. The van der Waals surface area contributed by atoms with Crippen LogP contribution >= 0.6 is 0 Å². The number of anilines is 1. The van der Waals surface area contributed by atoms with Gasteiger partial charge in [-0.2, -0.15) is 0 Å². The maximum absolute atomic E-state index is 12.3. The van der Waals surface area contributed by atoms with E-state index in [-0.39, 0.29) is 5.91 Å². The van der Waals surface area contributed by atoms with Gasteiger partial charge in [-0.3, -0.25) is 10.1 Å². The Morgan fingerprint density at radius 1 is 1.28 bits per heavy atom. The Hall–Kier alpha value is -1.49. The molecule has 0 spiro atoms. The molecule has 5 heteroatoms. The van der Waals surface area contributed by atoms with Crippen molar-refractivity contribution in [2.75, 3.05) is 11.9 Å². The molecular formula is C13H22N4O. The van der Waals surface area contributed by atoms with Gasteiger partial charge in [0.25, 0.3) is 0 Å².